The summed E-state index contributed by atoms with van der Waals surface area (Å²) in [7, 11) is 0. The summed E-state index contributed by atoms with van der Waals surface area (Å²) in [4.78, 5) is 15.4. The van der Waals surface area contributed by atoms with Crippen molar-refractivity contribution >= 4 is 11.6 Å². The summed E-state index contributed by atoms with van der Waals surface area (Å²) in [6.45, 7) is 0.941. The van der Waals surface area contributed by atoms with Gasteiger partial charge in [-0.25, -0.2) is 4.98 Å². The molecule has 1 amide bonds. The van der Waals surface area contributed by atoms with E-state index in [2.05, 4.69) is 10.3 Å². The van der Waals surface area contributed by atoms with Gasteiger partial charge in [-0.15, -0.1) is 0 Å². The van der Waals surface area contributed by atoms with Crippen molar-refractivity contribution in [3.63, 3.8) is 0 Å². The fourth-order valence-corrected chi connectivity index (χ4v) is 1.09. The molecule has 0 atom stereocenters. The molecule has 0 fully saturated rings. The van der Waals surface area contributed by atoms with Gasteiger partial charge < -0.3 is 20.9 Å². The molecule has 1 rings (SSSR count). The number of ether oxygens (including phenoxy) is 1. The maximum atomic E-state index is 11.5. The first-order chi connectivity index (χ1) is 7.75. The van der Waals surface area contributed by atoms with Gasteiger partial charge in [-0.2, -0.15) is 0 Å². The molecule has 0 aliphatic carbocycles. The van der Waals surface area contributed by atoms with E-state index in [0.717, 1.165) is 0 Å². The van der Waals surface area contributed by atoms with Crippen LogP contribution in [0.1, 0.15) is 10.5 Å². The molecule has 0 saturated carbocycles. The van der Waals surface area contributed by atoms with E-state index < -0.39 is 0 Å². The van der Waals surface area contributed by atoms with Crippen molar-refractivity contribution in [1.82, 2.24) is 10.3 Å². The summed E-state index contributed by atoms with van der Waals surface area (Å²) >= 11 is 0. The van der Waals surface area contributed by atoms with Crippen LogP contribution in [-0.2, 0) is 4.74 Å². The number of carbonyl (C=O) groups excluding carboxylic acids is 1. The summed E-state index contributed by atoms with van der Waals surface area (Å²) in [5, 5.41) is 11.1. The SMILES string of the molecule is Nc1cccnc1C(=O)NCCOCCO. The molecule has 0 spiro atoms. The van der Waals surface area contributed by atoms with Crippen molar-refractivity contribution in [2.75, 3.05) is 32.1 Å². The molecule has 0 unspecified atom stereocenters. The van der Waals surface area contributed by atoms with E-state index in [9.17, 15) is 4.79 Å². The second-order valence-electron chi connectivity index (χ2n) is 3.03. The molecule has 16 heavy (non-hydrogen) atoms. The van der Waals surface area contributed by atoms with Gasteiger partial charge in [0.25, 0.3) is 5.91 Å². The standard InChI is InChI=1S/C10H15N3O3/c11-8-2-1-3-12-9(8)10(15)13-4-6-16-7-5-14/h1-3,14H,4-7,11H2,(H,13,15). The quantitative estimate of drug-likeness (QED) is 0.562. The van der Waals surface area contributed by atoms with E-state index in [4.69, 9.17) is 15.6 Å². The van der Waals surface area contributed by atoms with Gasteiger partial charge in [0, 0.05) is 12.7 Å². The fourth-order valence-electron chi connectivity index (χ4n) is 1.09. The number of rotatable bonds is 6. The van der Waals surface area contributed by atoms with Crippen molar-refractivity contribution < 1.29 is 14.6 Å². The highest BCUT2D eigenvalue weighted by Crippen LogP contribution is 2.05. The summed E-state index contributed by atoms with van der Waals surface area (Å²) in [6, 6.07) is 3.28. The van der Waals surface area contributed by atoms with Gasteiger partial charge in [-0.05, 0) is 12.1 Å². The zero-order valence-electron chi connectivity index (χ0n) is 8.85. The third kappa shape index (κ3) is 3.84. The number of nitrogens with two attached hydrogens (primary N) is 1. The number of pyridine rings is 1. The Morgan fingerprint density at radius 1 is 1.56 bits per heavy atom. The molecule has 6 heteroatoms. The van der Waals surface area contributed by atoms with E-state index in [1.54, 1.807) is 12.1 Å². The number of carbonyl (C=O) groups is 1. The second kappa shape index (κ2) is 6.76. The van der Waals surface area contributed by atoms with Crippen LogP contribution in [0.5, 0.6) is 0 Å². The van der Waals surface area contributed by atoms with Gasteiger partial charge in [-0.3, -0.25) is 4.79 Å². The Morgan fingerprint density at radius 2 is 2.38 bits per heavy atom. The minimum Gasteiger partial charge on any atom is -0.397 e. The largest absolute Gasteiger partial charge is 0.397 e. The Labute approximate surface area is 93.4 Å². The van der Waals surface area contributed by atoms with E-state index in [0.29, 0.717) is 18.8 Å². The van der Waals surface area contributed by atoms with E-state index >= 15 is 0 Å². The minimum atomic E-state index is -0.328. The third-order valence-electron chi connectivity index (χ3n) is 1.82. The zero-order chi connectivity index (χ0) is 11.8. The third-order valence-corrected chi connectivity index (χ3v) is 1.82. The summed E-state index contributed by atoms with van der Waals surface area (Å²) in [5.74, 6) is -0.328. The van der Waals surface area contributed by atoms with Crippen molar-refractivity contribution in [2.24, 2.45) is 0 Å². The molecule has 6 nitrogen and oxygen atoms in total. The molecule has 0 radical (unpaired) electrons. The Hall–Kier alpha value is -1.66. The van der Waals surface area contributed by atoms with Gasteiger partial charge in [0.1, 0.15) is 0 Å². The molecule has 4 N–H and O–H groups in total. The number of hydrogen-bond donors (Lipinski definition) is 3. The van der Waals surface area contributed by atoms with Crippen LogP contribution in [0.2, 0.25) is 0 Å². The maximum absolute atomic E-state index is 11.5. The molecular formula is C10H15N3O3. The number of amides is 1. The first kappa shape index (κ1) is 12.4. The number of anilines is 1. The topological polar surface area (TPSA) is 97.5 Å². The van der Waals surface area contributed by atoms with E-state index in [1.807, 2.05) is 0 Å². The van der Waals surface area contributed by atoms with Crippen molar-refractivity contribution in [3.05, 3.63) is 24.0 Å². The number of aliphatic hydroxyl groups is 1. The molecule has 1 aromatic rings. The molecule has 0 aromatic carbocycles. The smallest absolute Gasteiger partial charge is 0.272 e. The van der Waals surface area contributed by atoms with Crippen LogP contribution in [0.25, 0.3) is 0 Å². The van der Waals surface area contributed by atoms with E-state index in [1.165, 1.54) is 6.20 Å². The van der Waals surface area contributed by atoms with Crippen LogP contribution in [0.3, 0.4) is 0 Å². The van der Waals surface area contributed by atoms with Gasteiger partial charge in [0.2, 0.25) is 0 Å². The van der Waals surface area contributed by atoms with Crippen LogP contribution in [-0.4, -0.2) is 42.4 Å². The summed E-state index contributed by atoms with van der Waals surface area (Å²) in [5.41, 5.74) is 6.14. The highest BCUT2D eigenvalue weighted by atomic mass is 16.5. The van der Waals surface area contributed by atoms with Gasteiger partial charge >= 0.3 is 0 Å². The van der Waals surface area contributed by atoms with Crippen LogP contribution in [0, 0.1) is 0 Å². The molecule has 1 heterocycles. The Morgan fingerprint density at radius 3 is 3.06 bits per heavy atom. The number of aliphatic hydroxyl groups excluding tert-OH is 1. The highest BCUT2D eigenvalue weighted by Gasteiger charge is 2.09. The molecule has 0 bridgehead atoms. The normalized spacial score (nSPS) is 10.1. The lowest BCUT2D eigenvalue weighted by Crippen LogP contribution is -2.29. The lowest BCUT2D eigenvalue weighted by atomic mass is 10.3. The first-order valence-corrected chi connectivity index (χ1v) is 4.93. The molecule has 0 aliphatic rings. The summed E-state index contributed by atoms with van der Waals surface area (Å²) in [6.07, 6.45) is 1.51. The Kier molecular flexibility index (Phi) is 5.24. The van der Waals surface area contributed by atoms with Crippen molar-refractivity contribution in [3.8, 4) is 0 Å². The molecule has 1 aromatic heterocycles. The average Bonchev–Trinajstić information content (AvgIpc) is 2.29. The van der Waals surface area contributed by atoms with Gasteiger partial charge in [0.05, 0.1) is 25.5 Å². The Bertz CT molecular complexity index is 344. The number of nitrogens with zero attached hydrogens (tertiary/aromatic N) is 1. The molecule has 0 saturated heterocycles. The molecule has 88 valence electrons. The molecular weight excluding hydrogens is 210 g/mol. The monoisotopic (exact) mass is 225 g/mol. The van der Waals surface area contributed by atoms with Crippen LogP contribution in [0.4, 0.5) is 5.69 Å². The van der Waals surface area contributed by atoms with Crippen molar-refractivity contribution in [1.29, 1.82) is 0 Å². The number of aromatic nitrogens is 1. The highest BCUT2D eigenvalue weighted by molar-refractivity contribution is 5.96. The lowest BCUT2D eigenvalue weighted by molar-refractivity contribution is 0.0836. The first-order valence-electron chi connectivity index (χ1n) is 4.93. The predicted octanol–water partition coefficient (Wildman–Crippen LogP) is -0.597. The minimum absolute atomic E-state index is 0.0267. The van der Waals surface area contributed by atoms with Gasteiger partial charge in [0.15, 0.2) is 5.69 Å². The number of nitrogens with one attached hydrogen (secondary N) is 1. The summed E-state index contributed by atoms with van der Waals surface area (Å²) < 4.78 is 4.98. The maximum Gasteiger partial charge on any atom is 0.272 e. The van der Waals surface area contributed by atoms with Crippen LogP contribution >= 0.6 is 0 Å². The van der Waals surface area contributed by atoms with Crippen molar-refractivity contribution in [2.45, 2.75) is 0 Å². The average molecular weight is 225 g/mol. The number of nitrogen functional groups attached to an aromatic ring is 1. The Balaban J connectivity index is 2.33. The lowest BCUT2D eigenvalue weighted by Gasteiger charge is -2.06. The predicted molar refractivity (Wildman–Crippen MR) is 58.9 cm³/mol. The second-order valence-corrected chi connectivity index (χ2v) is 3.03. The molecule has 0 aliphatic heterocycles. The van der Waals surface area contributed by atoms with Crippen LogP contribution in [0.15, 0.2) is 18.3 Å². The van der Waals surface area contributed by atoms with Crippen LogP contribution < -0.4 is 11.1 Å². The number of hydrogen-bond acceptors (Lipinski definition) is 5. The van der Waals surface area contributed by atoms with Gasteiger partial charge in [-0.1, -0.05) is 0 Å². The zero-order valence-corrected chi connectivity index (χ0v) is 8.85. The van der Waals surface area contributed by atoms with E-state index in [-0.39, 0.29) is 24.8 Å². The fraction of sp³-hybridized carbons (Fsp3) is 0.400.